The number of rotatable bonds is 7. The molecule has 0 spiro atoms. The van der Waals surface area contributed by atoms with E-state index in [0.717, 1.165) is 24.5 Å². The predicted molar refractivity (Wildman–Crippen MR) is 80.5 cm³/mol. The highest BCUT2D eigenvalue weighted by molar-refractivity contribution is 5.47. The van der Waals surface area contributed by atoms with Gasteiger partial charge in [0.2, 0.25) is 0 Å². The molecule has 19 heavy (non-hydrogen) atoms. The summed E-state index contributed by atoms with van der Waals surface area (Å²) in [4.78, 5) is 6.53. The zero-order valence-corrected chi connectivity index (χ0v) is 12.8. The van der Waals surface area contributed by atoms with Gasteiger partial charge in [-0.05, 0) is 43.5 Å². The second-order valence-corrected chi connectivity index (χ2v) is 5.65. The summed E-state index contributed by atoms with van der Waals surface area (Å²) in [6.07, 6.45) is 1.91. The molecular weight excluding hydrogens is 238 g/mol. The SMILES string of the molecule is Cc1cc(CNCC(C)C)cnc1N(C)C(C)CO. The molecule has 2 N–H and O–H groups in total. The van der Waals surface area contributed by atoms with Crippen molar-refractivity contribution in [2.75, 3.05) is 25.1 Å². The minimum atomic E-state index is 0.0797. The van der Waals surface area contributed by atoms with Gasteiger partial charge in [0.25, 0.3) is 0 Å². The molecule has 1 aromatic rings. The van der Waals surface area contributed by atoms with Crippen molar-refractivity contribution in [1.82, 2.24) is 10.3 Å². The van der Waals surface area contributed by atoms with Gasteiger partial charge < -0.3 is 15.3 Å². The standard InChI is InChI=1S/C15H27N3O/c1-11(2)7-16-8-14-6-12(3)15(17-9-14)18(5)13(4)10-19/h6,9,11,13,16,19H,7-8,10H2,1-5H3. The van der Waals surface area contributed by atoms with E-state index < -0.39 is 0 Å². The van der Waals surface area contributed by atoms with Gasteiger partial charge in [0.1, 0.15) is 5.82 Å². The average molecular weight is 265 g/mol. The van der Waals surface area contributed by atoms with Gasteiger partial charge in [0.05, 0.1) is 12.6 Å². The Morgan fingerprint density at radius 2 is 2.05 bits per heavy atom. The minimum absolute atomic E-state index is 0.0797. The quantitative estimate of drug-likeness (QED) is 0.791. The smallest absolute Gasteiger partial charge is 0.131 e. The number of aryl methyl sites for hydroxylation is 1. The lowest BCUT2D eigenvalue weighted by Crippen LogP contribution is -2.33. The number of aliphatic hydroxyl groups excluding tert-OH is 1. The largest absolute Gasteiger partial charge is 0.394 e. The van der Waals surface area contributed by atoms with Gasteiger partial charge in [-0.15, -0.1) is 0 Å². The molecule has 0 aromatic carbocycles. The van der Waals surface area contributed by atoms with Crippen molar-refractivity contribution in [2.24, 2.45) is 5.92 Å². The maximum atomic E-state index is 9.20. The van der Waals surface area contributed by atoms with Gasteiger partial charge in [0.15, 0.2) is 0 Å². The van der Waals surface area contributed by atoms with Crippen LogP contribution in [0.5, 0.6) is 0 Å². The van der Waals surface area contributed by atoms with Crippen LogP contribution >= 0.6 is 0 Å². The lowest BCUT2D eigenvalue weighted by molar-refractivity contribution is 0.269. The molecule has 4 heteroatoms. The molecule has 0 aliphatic heterocycles. The van der Waals surface area contributed by atoms with Crippen molar-refractivity contribution in [3.63, 3.8) is 0 Å². The number of aliphatic hydroxyl groups is 1. The summed E-state index contributed by atoms with van der Waals surface area (Å²) < 4.78 is 0. The number of hydrogen-bond acceptors (Lipinski definition) is 4. The van der Waals surface area contributed by atoms with Gasteiger partial charge in [-0.25, -0.2) is 4.98 Å². The maximum Gasteiger partial charge on any atom is 0.131 e. The third-order valence-corrected chi connectivity index (χ3v) is 3.25. The summed E-state index contributed by atoms with van der Waals surface area (Å²) in [5.41, 5.74) is 2.35. The fraction of sp³-hybridized carbons (Fsp3) is 0.667. The Bertz CT molecular complexity index is 393. The monoisotopic (exact) mass is 265 g/mol. The molecular formula is C15H27N3O. The van der Waals surface area contributed by atoms with Crippen LogP contribution in [0.1, 0.15) is 31.9 Å². The minimum Gasteiger partial charge on any atom is -0.394 e. The van der Waals surface area contributed by atoms with Crippen LogP contribution < -0.4 is 10.2 Å². The first-order chi connectivity index (χ1) is 8.95. The fourth-order valence-corrected chi connectivity index (χ4v) is 1.93. The van der Waals surface area contributed by atoms with Crippen molar-refractivity contribution in [3.05, 3.63) is 23.4 Å². The molecule has 0 fully saturated rings. The van der Waals surface area contributed by atoms with Crippen LogP contribution in [0.2, 0.25) is 0 Å². The molecule has 1 heterocycles. The number of nitrogens with zero attached hydrogens (tertiary/aromatic N) is 2. The average Bonchev–Trinajstić information content (AvgIpc) is 2.36. The topological polar surface area (TPSA) is 48.4 Å². The highest BCUT2D eigenvalue weighted by atomic mass is 16.3. The fourth-order valence-electron chi connectivity index (χ4n) is 1.93. The van der Waals surface area contributed by atoms with E-state index in [4.69, 9.17) is 0 Å². The third-order valence-electron chi connectivity index (χ3n) is 3.25. The van der Waals surface area contributed by atoms with E-state index >= 15 is 0 Å². The van der Waals surface area contributed by atoms with E-state index in [2.05, 4.69) is 37.1 Å². The van der Waals surface area contributed by atoms with Gasteiger partial charge >= 0.3 is 0 Å². The molecule has 0 radical (unpaired) electrons. The van der Waals surface area contributed by atoms with E-state index in [1.54, 1.807) is 0 Å². The molecule has 0 aliphatic rings. The van der Waals surface area contributed by atoms with Gasteiger partial charge in [-0.3, -0.25) is 0 Å². The van der Waals surface area contributed by atoms with E-state index in [1.807, 2.05) is 25.1 Å². The highest BCUT2D eigenvalue weighted by Crippen LogP contribution is 2.18. The molecule has 1 unspecified atom stereocenters. The highest BCUT2D eigenvalue weighted by Gasteiger charge is 2.12. The van der Waals surface area contributed by atoms with Crippen molar-refractivity contribution >= 4 is 5.82 Å². The Kier molecular flexibility index (Phi) is 6.25. The molecule has 1 aromatic heterocycles. The van der Waals surface area contributed by atoms with Crippen LogP contribution in [-0.2, 0) is 6.54 Å². The summed E-state index contributed by atoms with van der Waals surface area (Å²) in [5, 5.41) is 12.6. The molecule has 0 aliphatic carbocycles. The van der Waals surface area contributed by atoms with Crippen molar-refractivity contribution in [2.45, 2.75) is 40.3 Å². The Labute approximate surface area is 116 Å². The molecule has 108 valence electrons. The van der Waals surface area contributed by atoms with Crippen LogP contribution in [0.4, 0.5) is 5.82 Å². The first-order valence-electron chi connectivity index (χ1n) is 6.95. The summed E-state index contributed by atoms with van der Waals surface area (Å²) in [6.45, 7) is 10.5. The molecule has 0 saturated carbocycles. The lowest BCUT2D eigenvalue weighted by Gasteiger charge is -2.26. The Hall–Kier alpha value is -1.13. The maximum absolute atomic E-state index is 9.20. The Morgan fingerprint density at radius 3 is 2.58 bits per heavy atom. The second kappa shape index (κ2) is 7.46. The number of hydrogen-bond donors (Lipinski definition) is 2. The molecule has 0 amide bonds. The van der Waals surface area contributed by atoms with Crippen LogP contribution in [0, 0.1) is 12.8 Å². The van der Waals surface area contributed by atoms with Crippen molar-refractivity contribution in [1.29, 1.82) is 0 Å². The molecule has 0 bridgehead atoms. The summed E-state index contributed by atoms with van der Waals surface area (Å²) in [7, 11) is 1.97. The summed E-state index contributed by atoms with van der Waals surface area (Å²) in [5.74, 6) is 1.60. The van der Waals surface area contributed by atoms with Crippen LogP contribution in [0.3, 0.4) is 0 Å². The van der Waals surface area contributed by atoms with E-state index in [1.165, 1.54) is 5.56 Å². The Balaban J connectivity index is 2.69. The molecule has 1 rings (SSSR count). The number of nitrogens with one attached hydrogen (secondary N) is 1. The summed E-state index contributed by atoms with van der Waals surface area (Å²) in [6, 6.07) is 2.24. The predicted octanol–water partition coefficient (Wildman–Crippen LogP) is 1.95. The number of anilines is 1. The van der Waals surface area contributed by atoms with E-state index in [0.29, 0.717) is 5.92 Å². The first kappa shape index (κ1) is 15.9. The number of likely N-dealkylation sites (N-methyl/N-ethyl adjacent to an activating group) is 1. The number of aromatic nitrogens is 1. The van der Waals surface area contributed by atoms with E-state index in [-0.39, 0.29) is 12.6 Å². The van der Waals surface area contributed by atoms with Crippen LogP contribution in [-0.4, -0.2) is 36.3 Å². The normalized spacial score (nSPS) is 12.8. The van der Waals surface area contributed by atoms with Gasteiger partial charge in [0, 0.05) is 19.8 Å². The van der Waals surface area contributed by atoms with E-state index in [9.17, 15) is 5.11 Å². The van der Waals surface area contributed by atoms with Crippen LogP contribution in [0.25, 0.3) is 0 Å². The zero-order valence-electron chi connectivity index (χ0n) is 12.8. The molecule has 1 atom stereocenters. The molecule has 4 nitrogen and oxygen atoms in total. The van der Waals surface area contributed by atoms with Crippen LogP contribution in [0.15, 0.2) is 12.3 Å². The number of pyridine rings is 1. The second-order valence-electron chi connectivity index (χ2n) is 5.65. The first-order valence-corrected chi connectivity index (χ1v) is 6.95. The zero-order chi connectivity index (χ0) is 14.4. The third kappa shape index (κ3) is 4.80. The Morgan fingerprint density at radius 1 is 1.37 bits per heavy atom. The van der Waals surface area contributed by atoms with Crippen molar-refractivity contribution < 1.29 is 5.11 Å². The lowest BCUT2D eigenvalue weighted by atomic mass is 10.1. The summed E-state index contributed by atoms with van der Waals surface area (Å²) >= 11 is 0. The van der Waals surface area contributed by atoms with Gasteiger partial charge in [-0.1, -0.05) is 13.8 Å². The van der Waals surface area contributed by atoms with Gasteiger partial charge in [-0.2, -0.15) is 0 Å². The van der Waals surface area contributed by atoms with Crippen molar-refractivity contribution in [3.8, 4) is 0 Å². The molecule has 0 saturated heterocycles.